The standard InChI is InChI=1S/C20H25N3O2/c1-14-9-15(2)11-17(10-14)19(16-5-4-6-21-12-16)22-20(24)18-13-23(3)7-8-25-18/h4-6,9-12,18-19H,7-8,13H2,1-3H3,(H,22,24)/t18-,19-/m0/s1. The maximum absolute atomic E-state index is 12.8. The van der Waals surface area contributed by atoms with E-state index in [1.54, 1.807) is 12.4 Å². The maximum Gasteiger partial charge on any atom is 0.251 e. The molecular formula is C20H25N3O2. The van der Waals surface area contributed by atoms with Crippen molar-refractivity contribution in [1.29, 1.82) is 0 Å². The molecule has 1 aromatic carbocycles. The summed E-state index contributed by atoms with van der Waals surface area (Å²) >= 11 is 0. The van der Waals surface area contributed by atoms with Gasteiger partial charge in [-0.1, -0.05) is 35.4 Å². The number of amides is 1. The van der Waals surface area contributed by atoms with Crippen LogP contribution in [0, 0.1) is 13.8 Å². The van der Waals surface area contributed by atoms with Gasteiger partial charge in [-0.05, 0) is 38.1 Å². The van der Waals surface area contributed by atoms with Gasteiger partial charge in [0.15, 0.2) is 0 Å². The molecule has 1 aromatic heterocycles. The van der Waals surface area contributed by atoms with E-state index < -0.39 is 6.10 Å². The number of carbonyl (C=O) groups excluding carboxylic acids is 1. The molecule has 0 bridgehead atoms. The minimum absolute atomic E-state index is 0.0837. The third kappa shape index (κ3) is 4.44. The lowest BCUT2D eigenvalue weighted by Gasteiger charge is -2.30. The van der Waals surface area contributed by atoms with E-state index in [9.17, 15) is 4.79 Å². The van der Waals surface area contributed by atoms with Gasteiger partial charge in [0.2, 0.25) is 0 Å². The van der Waals surface area contributed by atoms with E-state index in [4.69, 9.17) is 4.74 Å². The van der Waals surface area contributed by atoms with E-state index in [2.05, 4.69) is 47.2 Å². The lowest BCUT2D eigenvalue weighted by molar-refractivity contribution is -0.138. The van der Waals surface area contributed by atoms with E-state index in [1.165, 1.54) is 11.1 Å². The van der Waals surface area contributed by atoms with Crippen LogP contribution < -0.4 is 5.32 Å². The highest BCUT2D eigenvalue weighted by Gasteiger charge is 2.27. The Morgan fingerprint density at radius 3 is 2.68 bits per heavy atom. The number of aryl methyl sites for hydroxylation is 2. The predicted molar refractivity (Wildman–Crippen MR) is 97.4 cm³/mol. The number of hydrogen-bond acceptors (Lipinski definition) is 4. The monoisotopic (exact) mass is 339 g/mol. The van der Waals surface area contributed by atoms with E-state index >= 15 is 0 Å². The molecule has 1 aliphatic heterocycles. The number of benzene rings is 1. The fourth-order valence-electron chi connectivity index (χ4n) is 3.25. The molecule has 0 radical (unpaired) electrons. The largest absolute Gasteiger partial charge is 0.366 e. The van der Waals surface area contributed by atoms with Crippen molar-refractivity contribution in [2.75, 3.05) is 26.7 Å². The van der Waals surface area contributed by atoms with Crippen LogP contribution in [0.15, 0.2) is 42.7 Å². The Bertz CT molecular complexity index is 713. The Balaban J connectivity index is 1.88. The summed E-state index contributed by atoms with van der Waals surface area (Å²) in [4.78, 5) is 19.1. The third-order valence-electron chi connectivity index (χ3n) is 4.44. The third-order valence-corrected chi connectivity index (χ3v) is 4.44. The number of pyridine rings is 1. The molecule has 1 saturated heterocycles. The van der Waals surface area contributed by atoms with Crippen LogP contribution in [0.25, 0.3) is 0 Å². The molecule has 132 valence electrons. The SMILES string of the molecule is Cc1cc(C)cc([C@@H](NC(=O)[C@@H]2CN(C)CCO2)c2cccnc2)c1. The molecule has 0 aliphatic carbocycles. The molecule has 0 unspecified atom stereocenters. The summed E-state index contributed by atoms with van der Waals surface area (Å²) in [6, 6.07) is 9.99. The lowest BCUT2D eigenvalue weighted by atomic mass is 9.96. The molecule has 1 amide bonds. The Hall–Kier alpha value is -2.24. The number of hydrogen-bond donors (Lipinski definition) is 1. The first kappa shape index (κ1) is 17.6. The molecule has 5 nitrogen and oxygen atoms in total. The number of likely N-dealkylation sites (N-methyl/N-ethyl adjacent to an activating group) is 1. The molecule has 0 spiro atoms. The highest BCUT2D eigenvalue weighted by Crippen LogP contribution is 2.24. The average molecular weight is 339 g/mol. The summed E-state index contributed by atoms with van der Waals surface area (Å²) in [5.41, 5.74) is 4.37. The number of ether oxygens (including phenoxy) is 1. The topological polar surface area (TPSA) is 54.5 Å². The zero-order chi connectivity index (χ0) is 17.8. The zero-order valence-electron chi connectivity index (χ0n) is 15.0. The molecule has 25 heavy (non-hydrogen) atoms. The van der Waals surface area contributed by atoms with Gasteiger partial charge in [-0.15, -0.1) is 0 Å². The highest BCUT2D eigenvalue weighted by atomic mass is 16.5. The Labute approximate surface area is 149 Å². The second kappa shape index (κ2) is 7.76. The molecule has 3 rings (SSSR count). The molecule has 0 saturated carbocycles. The maximum atomic E-state index is 12.8. The van der Waals surface area contributed by atoms with Crippen LogP contribution >= 0.6 is 0 Å². The van der Waals surface area contributed by atoms with Crippen molar-refractivity contribution in [3.05, 3.63) is 65.0 Å². The van der Waals surface area contributed by atoms with Gasteiger partial charge in [0.25, 0.3) is 5.91 Å². The first-order chi connectivity index (χ1) is 12.0. The molecule has 2 aromatic rings. The van der Waals surface area contributed by atoms with Crippen LogP contribution in [0.4, 0.5) is 0 Å². The number of aromatic nitrogens is 1. The van der Waals surface area contributed by atoms with Gasteiger partial charge in [-0.25, -0.2) is 0 Å². The summed E-state index contributed by atoms with van der Waals surface area (Å²) in [6.07, 6.45) is 3.10. The zero-order valence-corrected chi connectivity index (χ0v) is 15.0. The summed E-state index contributed by atoms with van der Waals surface area (Å²) in [6.45, 7) is 6.18. The molecule has 1 fully saturated rings. The van der Waals surface area contributed by atoms with Crippen molar-refractivity contribution in [1.82, 2.24) is 15.2 Å². The normalized spacial score (nSPS) is 19.4. The highest BCUT2D eigenvalue weighted by molar-refractivity contribution is 5.82. The first-order valence-electron chi connectivity index (χ1n) is 8.61. The van der Waals surface area contributed by atoms with E-state index in [0.717, 1.165) is 17.7 Å². The van der Waals surface area contributed by atoms with Crippen molar-refractivity contribution in [2.24, 2.45) is 0 Å². The van der Waals surface area contributed by atoms with Gasteiger partial charge in [-0.2, -0.15) is 0 Å². The fourth-order valence-corrected chi connectivity index (χ4v) is 3.25. The van der Waals surface area contributed by atoms with Crippen molar-refractivity contribution >= 4 is 5.91 Å². The number of rotatable bonds is 4. The van der Waals surface area contributed by atoms with E-state index in [-0.39, 0.29) is 11.9 Å². The predicted octanol–water partition coefficient (Wildman–Crippen LogP) is 2.23. The van der Waals surface area contributed by atoms with Crippen LogP contribution in [0.5, 0.6) is 0 Å². The van der Waals surface area contributed by atoms with Crippen LogP contribution in [-0.2, 0) is 9.53 Å². The van der Waals surface area contributed by atoms with Crippen LogP contribution in [-0.4, -0.2) is 48.6 Å². The summed E-state index contributed by atoms with van der Waals surface area (Å²) in [5.74, 6) is -0.0837. The van der Waals surface area contributed by atoms with Crippen molar-refractivity contribution in [3.8, 4) is 0 Å². The lowest BCUT2D eigenvalue weighted by Crippen LogP contribution is -2.49. The van der Waals surface area contributed by atoms with Gasteiger partial charge in [0.1, 0.15) is 6.10 Å². The summed E-state index contributed by atoms with van der Waals surface area (Å²) in [5, 5.41) is 3.16. The van der Waals surface area contributed by atoms with Gasteiger partial charge >= 0.3 is 0 Å². The molecule has 2 atom stereocenters. The summed E-state index contributed by atoms with van der Waals surface area (Å²) in [7, 11) is 2.01. The molecule has 2 heterocycles. The smallest absolute Gasteiger partial charge is 0.251 e. The minimum atomic E-state index is -0.441. The number of nitrogens with one attached hydrogen (secondary N) is 1. The van der Waals surface area contributed by atoms with Crippen LogP contribution in [0.2, 0.25) is 0 Å². The number of carbonyl (C=O) groups is 1. The van der Waals surface area contributed by atoms with Gasteiger partial charge in [-0.3, -0.25) is 9.78 Å². The number of morpholine rings is 1. The Morgan fingerprint density at radius 1 is 1.28 bits per heavy atom. The molecule has 1 aliphatic rings. The number of nitrogens with zero attached hydrogens (tertiary/aromatic N) is 2. The van der Waals surface area contributed by atoms with Gasteiger partial charge in [0, 0.05) is 25.5 Å². The van der Waals surface area contributed by atoms with E-state index in [1.807, 2.05) is 19.2 Å². The molecule has 5 heteroatoms. The second-order valence-corrected chi connectivity index (χ2v) is 6.77. The summed E-state index contributed by atoms with van der Waals surface area (Å²) < 4.78 is 5.66. The first-order valence-corrected chi connectivity index (χ1v) is 8.61. The van der Waals surface area contributed by atoms with Gasteiger partial charge in [0.05, 0.1) is 12.6 Å². The molecular weight excluding hydrogens is 314 g/mol. The fraction of sp³-hybridized carbons (Fsp3) is 0.400. The van der Waals surface area contributed by atoms with E-state index in [0.29, 0.717) is 13.2 Å². The Morgan fingerprint density at radius 2 is 2.04 bits per heavy atom. The van der Waals surface area contributed by atoms with Crippen molar-refractivity contribution in [2.45, 2.75) is 26.0 Å². The van der Waals surface area contributed by atoms with Crippen molar-refractivity contribution < 1.29 is 9.53 Å². The minimum Gasteiger partial charge on any atom is -0.366 e. The van der Waals surface area contributed by atoms with Crippen molar-refractivity contribution in [3.63, 3.8) is 0 Å². The van der Waals surface area contributed by atoms with Gasteiger partial charge < -0.3 is 15.0 Å². The average Bonchev–Trinajstić information content (AvgIpc) is 2.59. The molecule has 1 N–H and O–H groups in total. The Kier molecular flexibility index (Phi) is 5.46. The second-order valence-electron chi connectivity index (χ2n) is 6.77. The quantitative estimate of drug-likeness (QED) is 0.928. The van der Waals surface area contributed by atoms with Crippen LogP contribution in [0.1, 0.15) is 28.3 Å². The van der Waals surface area contributed by atoms with Crippen LogP contribution in [0.3, 0.4) is 0 Å².